The van der Waals surface area contributed by atoms with Gasteiger partial charge in [-0.2, -0.15) is 4.98 Å². The van der Waals surface area contributed by atoms with Gasteiger partial charge in [0, 0.05) is 38.4 Å². The predicted octanol–water partition coefficient (Wildman–Crippen LogP) is 1.40. The SMILES string of the molecule is O=C(COc1ccccc1)N1CCC(Nc2ccnc(N3CCOCC3)n2)C1. The van der Waals surface area contributed by atoms with Gasteiger partial charge in [-0.15, -0.1) is 0 Å². The molecule has 0 aliphatic carbocycles. The molecule has 28 heavy (non-hydrogen) atoms. The van der Waals surface area contributed by atoms with E-state index in [4.69, 9.17) is 9.47 Å². The Labute approximate surface area is 164 Å². The van der Waals surface area contributed by atoms with Crippen LogP contribution in [0.2, 0.25) is 0 Å². The Hall–Kier alpha value is -2.87. The van der Waals surface area contributed by atoms with Gasteiger partial charge in [0.05, 0.1) is 13.2 Å². The Balaban J connectivity index is 1.28. The number of nitrogens with zero attached hydrogens (tertiary/aromatic N) is 4. The van der Waals surface area contributed by atoms with Gasteiger partial charge in [-0.05, 0) is 24.6 Å². The van der Waals surface area contributed by atoms with Crippen molar-refractivity contribution in [1.82, 2.24) is 14.9 Å². The molecule has 1 aromatic heterocycles. The number of hydrogen-bond acceptors (Lipinski definition) is 7. The van der Waals surface area contributed by atoms with E-state index in [1.165, 1.54) is 0 Å². The average molecular weight is 383 g/mol. The van der Waals surface area contributed by atoms with Crippen LogP contribution >= 0.6 is 0 Å². The number of nitrogens with one attached hydrogen (secondary N) is 1. The molecule has 1 unspecified atom stereocenters. The van der Waals surface area contributed by atoms with Crippen molar-refractivity contribution in [2.75, 3.05) is 56.2 Å². The Morgan fingerprint density at radius 2 is 2.00 bits per heavy atom. The molecule has 1 N–H and O–H groups in total. The summed E-state index contributed by atoms with van der Waals surface area (Å²) in [6.45, 7) is 4.43. The minimum absolute atomic E-state index is 0.00449. The first-order valence-corrected chi connectivity index (χ1v) is 9.66. The number of aromatic nitrogens is 2. The van der Waals surface area contributed by atoms with Crippen LogP contribution in [0.15, 0.2) is 42.6 Å². The molecule has 1 atom stereocenters. The monoisotopic (exact) mass is 383 g/mol. The highest BCUT2D eigenvalue weighted by atomic mass is 16.5. The van der Waals surface area contributed by atoms with E-state index in [0.717, 1.165) is 37.8 Å². The number of carbonyl (C=O) groups is 1. The summed E-state index contributed by atoms with van der Waals surface area (Å²) in [4.78, 5) is 25.4. The molecule has 2 aliphatic rings. The zero-order valence-corrected chi connectivity index (χ0v) is 15.8. The standard InChI is InChI=1S/C20H25N5O3/c26-19(15-28-17-4-2-1-3-5-17)25-9-7-16(14-25)22-18-6-8-21-20(23-18)24-10-12-27-13-11-24/h1-6,8,16H,7,9-15H2,(H,21,22,23). The van der Waals surface area contributed by atoms with E-state index < -0.39 is 0 Å². The van der Waals surface area contributed by atoms with Crippen molar-refractivity contribution in [3.05, 3.63) is 42.6 Å². The maximum Gasteiger partial charge on any atom is 0.260 e. The van der Waals surface area contributed by atoms with Gasteiger partial charge in [0.2, 0.25) is 5.95 Å². The zero-order valence-electron chi connectivity index (χ0n) is 15.8. The molecule has 0 radical (unpaired) electrons. The largest absolute Gasteiger partial charge is 0.484 e. The number of hydrogen-bond donors (Lipinski definition) is 1. The van der Waals surface area contributed by atoms with Gasteiger partial charge in [0.15, 0.2) is 6.61 Å². The molecule has 8 nitrogen and oxygen atoms in total. The highest BCUT2D eigenvalue weighted by Gasteiger charge is 2.27. The Bertz CT molecular complexity index is 782. The van der Waals surface area contributed by atoms with Crippen LogP contribution in [0.3, 0.4) is 0 Å². The number of morpholine rings is 1. The van der Waals surface area contributed by atoms with Crippen LogP contribution in [0.5, 0.6) is 5.75 Å². The lowest BCUT2D eigenvalue weighted by atomic mass is 10.2. The topological polar surface area (TPSA) is 79.8 Å². The fourth-order valence-corrected chi connectivity index (χ4v) is 3.41. The van der Waals surface area contributed by atoms with Gasteiger partial charge in [0.1, 0.15) is 11.6 Å². The third-order valence-electron chi connectivity index (χ3n) is 4.94. The van der Waals surface area contributed by atoms with Crippen molar-refractivity contribution in [2.45, 2.75) is 12.5 Å². The average Bonchev–Trinajstić information content (AvgIpc) is 3.22. The molecule has 0 spiro atoms. The molecule has 2 aromatic rings. The predicted molar refractivity (Wildman–Crippen MR) is 106 cm³/mol. The minimum Gasteiger partial charge on any atom is -0.484 e. The molecular weight excluding hydrogens is 358 g/mol. The van der Waals surface area contributed by atoms with E-state index in [-0.39, 0.29) is 18.6 Å². The summed E-state index contributed by atoms with van der Waals surface area (Å²) in [5.74, 6) is 2.22. The second-order valence-electron chi connectivity index (χ2n) is 6.91. The highest BCUT2D eigenvalue weighted by molar-refractivity contribution is 5.78. The summed E-state index contributed by atoms with van der Waals surface area (Å²) >= 11 is 0. The zero-order chi connectivity index (χ0) is 19.2. The first-order chi connectivity index (χ1) is 13.8. The molecule has 0 saturated carbocycles. The number of rotatable bonds is 6. The smallest absolute Gasteiger partial charge is 0.260 e. The lowest BCUT2D eigenvalue weighted by Crippen LogP contribution is -2.37. The van der Waals surface area contributed by atoms with E-state index in [1.54, 1.807) is 6.20 Å². The van der Waals surface area contributed by atoms with Gasteiger partial charge < -0.3 is 24.6 Å². The Morgan fingerprint density at radius 3 is 2.82 bits per heavy atom. The van der Waals surface area contributed by atoms with Crippen LogP contribution in [0.1, 0.15) is 6.42 Å². The molecule has 3 heterocycles. The molecule has 0 bridgehead atoms. The maximum absolute atomic E-state index is 12.4. The maximum atomic E-state index is 12.4. The van der Waals surface area contributed by atoms with Gasteiger partial charge in [-0.3, -0.25) is 4.79 Å². The molecule has 1 aromatic carbocycles. The highest BCUT2D eigenvalue weighted by Crippen LogP contribution is 2.17. The second kappa shape index (κ2) is 8.88. The fraction of sp³-hybridized carbons (Fsp3) is 0.450. The van der Waals surface area contributed by atoms with Gasteiger partial charge >= 0.3 is 0 Å². The van der Waals surface area contributed by atoms with Gasteiger partial charge in [0.25, 0.3) is 5.91 Å². The van der Waals surface area contributed by atoms with E-state index >= 15 is 0 Å². The van der Waals surface area contributed by atoms with Gasteiger partial charge in [-0.1, -0.05) is 18.2 Å². The van der Waals surface area contributed by atoms with E-state index in [2.05, 4.69) is 20.2 Å². The van der Waals surface area contributed by atoms with E-state index in [9.17, 15) is 4.79 Å². The Kier molecular flexibility index (Phi) is 5.86. The number of anilines is 2. The summed E-state index contributed by atoms with van der Waals surface area (Å²) in [6, 6.07) is 11.4. The minimum atomic E-state index is 0.00449. The third-order valence-corrected chi connectivity index (χ3v) is 4.94. The molecule has 2 fully saturated rings. The quantitative estimate of drug-likeness (QED) is 0.808. The molecule has 1 amide bonds. The molecule has 4 rings (SSSR count). The van der Waals surface area contributed by atoms with Crippen LogP contribution in [0.4, 0.5) is 11.8 Å². The second-order valence-corrected chi connectivity index (χ2v) is 6.91. The number of amides is 1. The summed E-state index contributed by atoms with van der Waals surface area (Å²) in [5, 5.41) is 3.44. The lowest BCUT2D eigenvalue weighted by Gasteiger charge is -2.27. The van der Waals surface area contributed by atoms with E-state index in [1.807, 2.05) is 41.3 Å². The normalized spacial score (nSPS) is 19.5. The molecular formula is C20H25N5O3. The van der Waals surface area contributed by atoms with Crippen LogP contribution in [-0.4, -0.2) is 72.8 Å². The molecule has 2 saturated heterocycles. The number of ether oxygens (including phenoxy) is 2. The van der Waals surface area contributed by atoms with Gasteiger partial charge in [-0.25, -0.2) is 4.98 Å². The molecule has 148 valence electrons. The van der Waals surface area contributed by atoms with Crippen molar-refractivity contribution < 1.29 is 14.3 Å². The Morgan fingerprint density at radius 1 is 1.18 bits per heavy atom. The first kappa shape index (κ1) is 18.5. The van der Waals surface area contributed by atoms with Crippen molar-refractivity contribution in [1.29, 1.82) is 0 Å². The number of benzene rings is 1. The summed E-state index contributed by atoms with van der Waals surface area (Å²) in [5.41, 5.74) is 0. The van der Waals surface area contributed by atoms with Crippen LogP contribution in [0.25, 0.3) is 0 Å². The van der Waals surface area contributed by atoms with Crippen molar-refractivity contribution in [3.63, 3.8) is 0 Å². The van der Waals surface area contributed by atoms with Crippen molar-refractivity contribution >= 4 is 17.7 Å². The summed E-state index contributed by atoms with van der Waals surface area (Å²) < 4.78 is 10.9. The first-order valence-electron chi connectivity index (χ1n) is 9.66. The van der Waals surface area contributed by atoms with Crippen molar-refractivity contribution in [2.24, 2.45) is 0 Å². The number of carbonyl (C=O) groups excluding carboxylic acids is 1. The summed E-state index contributed by atoms with van der Waals surface area (Å²) in [7, 11) is 0. The van der Waals surface area contributed by atoms with E-state index in [0.29, 0.717) is 25.5 Å². The number of para-hydroxylation sites is 1. The summed E-state index contributed by atoms with van der Waals surface area (Å²) in [6.07, 6.45) is 2.65. The number of likely N-dealkylation sites (tertiary alicyclic amines) is 1. The molecule has 2 aliphatic heterocycles. The van der Waals surface area contributed by atoms with Crippen molar-refractivity contribution in [3.8, 4) is 5.75 Å². The lowest BCUT2D eigenvalue weighted by molar-refractivity contribution is -0.132. The fourth-order valence-electron chi connectivity index (χ4n) is 3.41. The third kappa shape index (κ3) is 4.69. The van der Waals surface area contributed by atoms with Crippen LogP contribution < -0.4 is 15.0 Å². The molecule has 8 heteroatoms. The van der Waals surface area contributed by atoms with Crippen LogP contribution in [-0.2, 0) is 9.53 Å². The van der Waals surface area contributed by atoms with Crippen LogP contribution in [0, 0.1) is 0 Å².